The van der Waals surface area contributed by atoms with E-state index in [0.717, 1.165) is 10.0 Å². The van der Waals surface area contributed by atoms with Gasteiger partial charge < -0.3 is 11.1 Å². The van der Waals surface area contributed by atoms with Crippen LogP contribution in [0.15, 0.2) is 37.3 Å². The second-order valence-corrected chi connectivity index (χ2v) is 7.45. The molecular weight excluding hydrogens is 442 g/mol. The van der Waals surface area contributed by atoms with Crippen molar-refractivity contribution >= 4 is 45.0 Å². The van der Waals surface area contributed by atoms with Gasteiger partial charge in [-0.15, -0.1) is 0 Å². The molecule has 0 aliphatic carbocycles. The Hall–Kier alpha value is -2.79. The van der Waals surface area contributed by atoms with Crippen molar-refractivity contribution in [1.82, 2.24) is 15.8 Å². The third kappa shape index (κ3) is 6.64. The molecule has 29 heavy (non-hydrogen) atoms. The smallest absolute Gasteiger partial charge is 0.249 e. The van der Waals surface area contributed by atoms with Crippen LogP contribution in [0.5, 0.6) is 0 Å². The van der Waals surface area contributed by atoms with E-state index in [9.17, 15) is 10.0 Å². The number of aryl methyl sites for hydroxylation is 1. The van der Waals surface area contributed by atoms with Gasteiger partial charge in [0, 0.05) is 23.4 Å². The molecule has 1 heterocycles. The lowest BCUT2D eigenvalue weighted by Gasteiger charge is -2.06. The van der Waals surface area contributed by atoms with Gasteiger partial charge >= 0.3 is 0 Å². The lowest BCUT2D eigenvalue weighted by atomic mass is 10.2. The molecule has 0 aliphatic rings. The molecule has 0 bridgehead atoms. The van der Waals surface area contributed by atoms with Crippen LogP contribution in [0.25, 0.3) is 0 Å². The van der Waals surface area contributed by atoms with Crippen molar-refractivity contribution in [2.24, 2.45) is 21.6 Å². The van der Waals surface area contributed by atoms with Crippen molar-refractivity contribution in [3.05, 3.63) is 33.9 Å². The molecule has 2 aromatic rings. The van der Waals surface area contributed by atoms with Crippen LogP contribution in [0.4, 0.5) is 11.5 Å². The number of rotatable bonds is 8. The minimum Gasteiger partial charge on any atom is -0.387 e. The summed E-state index contributed by atoms with van der Waals surface area (Å²) in [6.45, 7) is 5.97. The first-order valence-electron chi connectivity index (χ1n) is 9.00. The first-order chi connectivity index (χ1) is 13.8. The summed E-state index contributed by atoms with van der Waals surface area (Å²) in [5.74, 6) is 0.246. The van der Waals surface area contributed by atoms with Gasteiger partial charge in [-0.2, -0.15) is 0 Å². The quantitative estimate of drug-likeness (QED) is 0.201. The Morgan fingerprint density at radius 3 is 2.79 bits per heavy atom. The number of nitrogens with one attached hydrogen (secondary N) is 2. The van der Waals surface area contributed by atoms with Gasteiger partial charge in [0.25, 0.3) is 0 Å². The maximum atomic E-state index is 11.6. The van der Waals surface area contributed by atoms with Gasteiger partial charge in [0.05, 0.1) is 5.69 Å². The summed E-state index contributed by atoms with van der Waals surface area (Å²) < 4.78 is 5.66. The van der Waals surface area contributed by atoms with Crippen LogP contribution < -0.4 is 16.5 Å². The van der Waals surface area contributed by atoms with Crippen LogP contribution in [0, 0.1) is 12.8 Å². The van der Waals surface area contributed by atoms with E-state index >= 15 is 0 Å². The molecule has 0 saturated carbocycles. The monoisotopic (exact) mass is 465 g/mol. The lowest BCUT2D eigenvalue weighted by molar-refractivity contribution is -0.120. The van der Waals surface area contributed by atoms with Gasteiger partial charge in [-0.1, -0.05) is 35.8 Å². The van der Waals surface area contributed by atoms with E-state index in [4.69, 9.17) is 10.4 Å². The Labute approximate surface area is 176 Å². The molecule has 10 nitrogen and oxygen atoms in total. The second kappa shape index (κ2) is 10.7. The number of hydrogen-bond donors (Lipinski definition) is 4. The summed E-state index contributed by atoms with van der Waals surface area (Å²) in [4.78, 5) is 19.7. The van der Waals surface area contributed by atoms with Crippen LogP contribution in [-0.4, -0.2) is 39.6 Å². The molecule has 0 spiro atoms. The average Bonchev–Trinajstić information content (AvgIpc) is 3.14. The van der Waals surface area contributed by atoms with Gasteiger partial charge in [-0.25, -0.2) is 14.6 Å². The number of hydroxylamine groups is 1. The minimum atomic E-state index is -0.240. The molecule has 1 aromatic heterocycles. The molecule has 0 radical (unpaired) electrons. The number of nitrogens with two attached hydrogens (primary N) is 1. The number of hydrogen-bond acceptors (Lipinski definition) is 7. The second-order valence-electron chi connectivity index (χ2n) is 6.59. The minimum absolute atomic E-state index is 0.0770. The van der Waals surface area contributed by atoms with Crippen LogP contribution in [-0.2, 0) is 4.79 Å². The topological polar surface area (TPSA) is 151 Å². The molecule has 5 N–H and O–H groups in total. The summed E-state index contributed by atoms with van der Waals surface area (Å²) in [7, 11) is 0. The van der Waals surface area contributed by atoms with E-state index in [1.807, 2.05) is 24.5 Å². The lowest BCUT2D eigenvalue weighted by Crippen LogP contribution is -2.22. The summed E-state index contributed by atoms with van der Waals surface area (Å²) in [6.07, 6.45) is 1.06. The predicted octanol–water partition coefficient (Wildman–Crippen LogP) is 2.93. The molecule has 0 aliphatic heterocycles. The largest absolute Gasteiger partial charge is 0.387 e. The number of carbonyl (C=O) groups excluding carboxylic acids is 1. The number of nitrogens with zero attached hydrogens (tertiary/aromatic N) is 4. The Morgan fingerprint density at radius 2 is 2.14 bits per heavy atom. The molecule has 1 amide bonds. The highest BCUT2D eigenvalue weighted by molar-refractivity contribution is 9.10. The molecule has 0 unspecified atom stereocenters. The van der Waals surface area contributed by atoms with Gasteiger partial charge in [-0.05, 0) is 41.4 Å². The highest BCUT2D eigenvalue weighted by Crippen LogP contribution is 2.23. The highest BCUT2D eigenvalue weighted by atomic mass is 79.9. The fraction of sp³-hybridized carbons (Fsp3) is 0.389. The van der Waals surface area contributed by atoms with Crippen molar-refractivity contribution in [3.8, 4) is 0 Å². The number of carbonyl (C=O) groups is 1. The maximum Gasteiger partial charge on any atom is 0.249 e. The number of aromatic nitrogens is 2. The van der Waals surface area contributed by atoms with E-state index in [1.165, 1.54) is 0 Å². The van der Waals surface area contributed by atoms with Crippen LogP contribution in [0.2, 0.25) is 0 Å². The van der Waals surface area contributed by atoms with E-state index < -0.39 is 0 Å². The Morgan fingerprint density at radius 1 is 1.38 bits per heavy atom. The fourth-order valence-electron chi connectivity index (χ4n) is 2.17. The first kappa shape index (κ1) is 22.5. The van der Waals surface area contributed by atoms with Crippen molar-refractivity contribution in [2.45, 2.75) is 33.6 Å². The molecule has 2 rings (SSSR count). The Bertz CT molecular complexity index is 909. The number of halogens is 1. The summed E-state index contributed by atoms with van der Waals surface area (Å²) in [5.41, 5.74) is 9.68. The third-order valence-electron chi connectivity index (χ3n) is 3.86. The maximum absolute atomic E-state index is 11.6. The number of amides is 1. The van der Waals surface area contributed by atoms with Crippen molar-refractivity contribution in [3.63, 3.8) is 0 Å². The van der Waals surface area contributed by atoms with E-state index in [1.54, 1.807) is 19.9 Å². The molecular formula is C18H24BrN7O3. The van der Waals surface area contributed by atoms with Crippen LogP contribution >= 0.6 is 15.9 Å². The summed E-state index contributed by atoms with van der Waals surface area (Å²) >= 11 is 3.45. The van der Waals surface area contributed by atoms with Gasteiger partial charge in [0.1, 0.15) is 5.84 Å². The SMILES string of the molecule is Cc1ccc(N=C(NO)c2nonc2NCCCC(N)=NC(=O)C(C)C)cc1Br. The zero-order valence-electron chi connectivity index (χ0n) is 16.4. The Balaban J connectivity index is 2.01. The van der Waals surface area contributed by atoms with E-state index in [2.05, 4.69) is 41.5 Å². The van der Waals surface area contributed by atoms with Gasteiger partial charge in [0.2, 0.25) is 11.7 Å². The zero-order valence-corrected chi connectivity index (χ0v) is 18.0. The zero-order chi connectivity index (χ0) is 21.4. The van der Waals surface area contributed by atoms with Crippen LogP contribution in [0.1, 0.15) is 37.9 Å². The molecule has 11 heteroatoms. The van der Waals surface area contributed by atoms with Gasteiger partial charge in [0.15, 0.2) is 11.5 Å². The Kier molecular flexibility index (Phi) is 8.28. The van der Waals surface area contributed by atoms with E-state index in [0.29, 0.717) is 30.9 Å². The van der Waals surface area contributed by atoms with Crippen molar-refractivity contribution in [1.29, 1.82) is 0 Å². The molecule has 0 fully saturated rings. The number of amidine groups is 2. The van der Waals surface area contributed by atoms with Crippen molar-refractivity contribution < 1.29 is 14.6 Å². The molecule has 0 atom stereocenters. The molecule has 0 saturated heterocycles. The third-order valence-corrected chi connectivity index (χ3v) is 4.72. The highest BCUT2D eigenvalue weighted by Gasteiger charge is 2.16. The van der Waals surface area contributed by atoms with E-state index in [-0.39, 0.29) is 29.2 Å². The fourth-order valence-corrected chi connectivity index (χ4v) is 2.54. The molecule has 156 valence electrons. The number of anilines is 1. The van der Waals surface area contributed by atoms with Crippen LogP contribution in [0.3, 0.4) is 0 Å². The van der Waals surface area contributed by atoms with Gasteiger partial charge in [-0.3, -0.25) is 15.5 Å². The normalized spacial score (nSPS) is 12.3. The summed E-state index contributed by atoms with van der Waals surface area (Å²) in [5, 5.41) is 20.1. The molecule has 1 aromatic carbocycles. The number of benzene rings is 1. The first-order valence-corrected chi connectivity index (χ1v) is 9.79. The number of aliphatic imine (C=N–C) groups is 2. The predicted molar refractivity (Wildman–Crippen MR) is 113 cm³/mol. The summed E-state index contributed by atoms with van der Waals surface area (Å²) in [6, 6.07) is 5.51. The standard InChI is InChI=1S/C18H24BrN7O3/c1-10(2)18(27)23-14(20)5-4-8-21-16-15(25-29-26-16)17(24-28)22-12-7-6-11(3)13(19)9-12/h6-7,9-10,28H,4-5,8H2,1-3H3,(H,21,26)(H,22,24)(H2,20,23,27). The average molecular weight is 466 g/mol. The van der Waals surface area contributed by atoms with Crippen molar-refractivity contribution in [2.75, 3.05) is 11.9 Å².